The van der Waals surface area contributed by atoms with Gasteiger partial charge in [-0.3, -0.25) is 9.69 Å². The summed E-state index contributed by atoms with van der Waals surface area (Å²) in [5.74, 6) is -0.395. The average Bonchev–Trinajstić information content (AvgIpc) is 2.84. The monoisotopic (exact) mass is 310 g/mol. The van der Waals surface area contributed by atoms with E-state index in [2.05, 4.69) is 16.3 Å². The van der Waals surface area contributed by atoms with Crippen molar-refractivity contribution in [2.24, 2.45) is 5.73 Å². The van der Waals surface area contributed by atoms with E-state index in [0.717, 1.165) is 22.8 Å². The molecule has 1 fully saturated rings. The number of nitrogens with zero attached hydrogens (tertiary/aromatic N) is 1. The topological polar surface area (TPSA) is 55.6 Å². The smallest absolute Gasteiger partial charge is 0.247 e. The van der Waals surface area contributed by atoms with Gasteiger partial charge in [-0.1, -0.05) is 23.7 Å². The molecule has 0 saturated carbocycles. The number of rotatable bonds is 3. The molecule has 1 aromatic heterocycles. The van der Waals surface area contributed by atoms with Crippen molar-refractivity contribution in [2.75, 3.05) is 19.7 Å². The minimum atomic E-state index is -0.503. The SMILES string of the molecule is NC(=O)[C@@H]1CN(Cc2csc3c(Cl)cccc23)CCO1. The number of amides is 1. The lowest BCUT2D eigenvalue weighted by Crippen LogP contribution is -2.47. The molecule has 1 aromatic carbocycles. The van der Waals surface area contributed by atoms with Crippen molar-refractivity contribution in [2.45, 2.75) is 12.6 Å². The van der Waals surface area contributed by atoms with E-state index >= 15 is 0 Å². The minimum absolute atomic E-state index is 0.395. The molecule has 0 bridgehead atoms. The second-order valence-electron chi connectivity index (χ2n) is 4.87. The molecule has 1 saturated heterocycles. The number of morpholine rings is 1. The quantitative estimate of drug-likeness (QED) is 0.946. The summed E-state index contributed by atoms with van der Waals surface area (Å²) in [4.78, 5) is 13.4. The van der Waals surface area contributed by atoms with Crippen molar-refractivity contribution in [1.29, 1.82) is 0 Å². The van der Waals surface area contributed by atoms with Gasteiger partial charge in [-0.15, -0.1) is 11.3 Å². The van der Waals surface area contributed by atoms with Crippen molar-refractivity contribution in [3.63, 3.8) is 0 Å². The molecule has 106 valence electrons. The maximum Gasteiger partial charge on any atom is 0.247 e. The summed E-state index contributed by atoms with van der Waals surface area (Å²) in [6, 6.07) is 5.95. The molecular formula is C14H15ClN2O2S. The average molecular weight is 311 g/mol. The number of hydrogen-bond donors (Lipinski definition) is 1. The van der Waals surface area contributed by atoms with Crippen LogP contribution in [0.4, 0.5) is 0 Å². The Hall–Kier alpha value is -1.14. The van der Waals surface area contributed by atoms with Crippen LogP contribution in [0, 0.1) is 0 Å². The van der Waals surface area contributed by atoms with Crippen LogP contribution in [-0.2, 0) is 16.1 Å². The Morgan fingerprint density at radius 2 is 2.40 bits per heavy atom. The zero-order chi connectivity index (χ0) is 14.1. The summed E-state index contributed by atoms with van der Waals surface area (Å²) in [6.07, 6.45) is -0.503. The molecule has 0 radical (unpaired) electrons. The molecule has 1 aliphatic rings. The Balaban J connectivity index is 1.79. The Labute approximate surface area is 126 Å². The van der Waals surface area contributed by atoms with Crippen LogP contribution in [-0.4, -0.2) is 36.6 Å². The van der Waals surface area contributed by atoms with E-state index in [1.807, 2.05) is 12.1 Å². The third kappa shape index (κ3) is 2.67. The normalized spacial score (nSPS) is 20.4. The number of fused-ring (bicyclic) bond motifs is 1. The van der Waals surface area contributed by atoms with E-state index in [9.17, 15) is 4.79 Å². The van der Waals surface area contributed by atoms with Gasteiger partial charge in [0.25, 0.3) is 0 Å². The van der Waals surface area contributed by atoms with Gasteiger partial charge < -0.3 is 10.5 Å². The van der Waals surface area contributed by atoms with E-state index < -0.39 is 12.0 Å². The van der Waals surface area contributed by atoms with E-state index in [-0.39, 0.29) is 0 Å². The first-order chi connectivity index (χ1) is 9.65. The van der Waals surface area contributed by atoms with Gasteiger partial charge in [0.05, 0.1) is 16.3 Å². The van der Waals surface area contributed by atoms with Crippen LogP contribution in [0.3, 0.4) is 0 Å². The highest BCUT2D eigenvalue weighted by Crippen LogP contribution is 2.32. The third-order valence-corrected chi connectivity index (χ3v) is 5.00. The number of carbonyl (C=O) groups is 1. The largest absolute Gasteiger partial charge is 0.367 e. The standard InChI is InChI=1S/C14H15ClN2O2S/c15-11-3-1-2-10-9(8-20-13(10)11)6-17-4-5-19-12(7-17)14(16)18/h1-3,8,12H,4-7H2,(H2,16,18)/t12-/m0/s1. The maximum absolute atomic E-state index is 11.2. The summed E-state index contributed by atoms with van der Waals surface area (Å²) in [7, 11) is 0. The summed E-state index contributed by atoms with van der Waals surface area (Å²) in [6.45, 7) is 2.68. The van der Waals surface area contributed by atoms with Crippen LogP contribution >= 0.6 is 22.9 Å². The van der Waals surface area contributed by atoms with Crippen LogP contribution in [0.25, 0.3) is 10.1 Å². The van der Waals surface area contributed by atoms with E-state index in [1.165, 1.54) is 10.9 Å². The summed E-state index contributed by atoms with van der Waals surface area (Å²) < 4.78 is 6.48. The lowest BCUT2D eigenvalue weighted by Gasteiger charge is -2.31. The molecular weight excluding hydrogens is 296 g/mol. The highest BCUT2D eigenvalue weighted by molar-refractivity contribution is 7.18. The van der Waals surface area contributed by atoms with Crippen LogP contribution in [0.15, 0.2) is 23.6 Å². The molecule has 2 N–H and O–H groups in total. The van der Waals surface area contributed by atoms with Crippen molar-refractivity contribution >= 4 is 38.9 Å². The van der Waals surface area contributed by atoms with Gasteiger partial charge in [0.1, 0.15) is 6.10 Å². The fourth-order valence-corrected chi connectivity index (χ4v) is 3.73. The molecule has 1 atom stereocenters. The number of thiophene rings is 1. The Kier molecular flexibility index (Phi) is 3.94. The molecule has 2 aromatic rings. The molecule has 0 unspecified atom stereocenters. The van der Waals surface area contributed by atoms with E-state index in [0.29, 0.717) is 13.2 Å². The lowest BCUT2D eigenvalue weighted by atomic mass is 10.1. The number of hydrogen-bond acceptors (Lipinski definition) is 4. The number of ether oxygens (including phenoxy) is 1. The molecule has 4 nitrogen and oxygen atoms in total. The summed E-state index contributed by atoms with van der Waals surface area (Å²) in [5.41, 5.74) is 6.54. The second-order valence-corrected chi connectivity index (χ2v) is 6.16. The number of primary amides is 1. The molecule has 3 rings (SSSR count). The molecule has 6 heteroatoms. The Bertz CT molecular complexity index is 643. The lowest BCUT2D eigenvalue weighted by molar-refractivity contribution is -0.135. The third-order valence-electron chi connectivity index (χ3n) is 3.49. The zero-order valence-corrected chi connectivity index (χ0v) is 12.4. The van der Waals surface area contributed by atoms with Crippen molar-refractivity contribution < 1.29 is 9.53 Å². The first-order valence-electron chi connectivity index (χ1n) is 6.43. The number of carbonyl (C=O) groups excluding carboxylic acids is 1. The highest BCUT2D eigenvalue weighted by Gasteiger charge is 2.25. The van der Waals surface area contributed by atoms with Gasteiger partial charge in [0.2, 0.25) is 5.91 Å². The van der Waals surface area contributed by atoms with Crippen LogP contribution in [0.1, 0.15) is 5.56 Å². The Morgan fingerprint density at radius 1 is 1.55 bits per heavy atom. The predicted molar refractivity (Wildman–Crippen MR) is 81.0 cm³/mol. The van der Waals surface area contributed by atoms with Crippen molar-refractivity contribution in [3.8, 4) is 0 Å². The number of nitrogens with two attached hydrogens (primary N) is 1. The van der Waals surface area contributed by atoms with Gasteiger partial charge in [-0.2, -0.15) is 0 Å². The zero-order valence-electron chi connectivity index (χ0n) is 10.8. The summed E-state index contributed by atoms with van der Waals surface area (Å²) >= 11 is 7.85. The fraction of sp³-hybridized carbons (Fsp3) is 0.357. The molecule has 0 aliphatic carbocycles. The van der Waals surface area contributed by atoms with Gasteiger partial charge in [-0.25, -0.2) is 0 Å². The van der Waals surface area contributed by atoms with E-state index in [4.69, 9.17) is 22.1 Å². The molecule has 0 spiro atoms. The molecule has 1 aliphatic heterocycles. The molecule has 1 amide bonds. The Morgan fingerprint density at radius 3 is 3.20 bits per heavy atom. The van der Waals surface area contributed by atoms with Gasteiger partial charge in [-0.05, 0) is 22.4 Å². The van der Waals surface area contributed by atoms with Crippen molar-refractivity contribution in [3.05, 3.63) is 34.2 Å². The molecule has 20 heavy (non-hydrogen) atoms. The van der Waals surface area contributed by atoms with Crippen LogP contribution < -0.4 is 5.73 Å². The maximum atomic E-state index is 11.2. The second kappa shape index (κ2) is 5.69. The van der Waals surface area contributed by atoms with Gasteiger partial charge in [0, 0.05) is 19.6 Å². The molecule has 2 heterocycles. The van der Waals surface area contributed by atoms with Crippen LogP contribution in [0.2, 0.25) is 5.02 Å². The van der Waals surface area contributed by atoms with Gasteiger partial charge >= 0.3 is 0 Å². The van der Waals surface area contributed by atoms with Crippen LogP contribution in [0.5, 0.6) is 0 Å². The highest BCUT2D eigenvalue weighted by atomic mass is 35.5. The number of benzene rings is 1. The number of halogens is 1. The fourth-order valence-electron chi connectivity index (χ4n) is 2.46. The minimum Gasteiger partial charge on any atom is -0.367 e. The van der Waals surface area contributed by atoms with E-state index in [1.54, 1.807) is 11.3 Å². The first kappa shape index (κ1) is 13.8. The predicted octanol–water partition coefficient (Wildman–Crippen LogP) is 2.24. The summed E-state index contributed by atoms with van der Waals surface area (Å²) in [5, 5.41) is 4.10. The van der Waals surface area contributed by atoms with Gasteiger partial charge in [0.15, 0.2) is 0 Å². The van der Waals surface area contributed by atoms with Crippen molar-refractivity contribution in [1.82, 2.24) is 4.90 Å². The first-order valence-corrected chi connectivity index (χ1v) is 7.69.